The minimum atomic E-state index is -3.15. The lowest BCUT2D eigenvalue weighted by molar-refractivity contribution is 0.162. The topological polar surface area (TPSA) is 72.6 Å². The van der Waals surface area contributed by atoms with Gasteiger partial charge in [0.15, 0.2) is 0 Å². The van der Waals surface area contributed by atoms with Crippen molar-refractivity contribution < 1.29 is 13.2 Å². The van der Waals surface area contributed by atoms with Crippen LogP contribution in [0, 0.1) is 5.92 Å². The van der Waals surface area contributed by atoms with Crippen LogP contribution in [0.3, 0.4) is 0 Å². The van der Waals surface area contributed by atoms with E-state index in [2.05, 4.69) is 0 Å². The van der Waals surface area contributed by atoms with Gasteiger partial charge in [-0.25, -0.2) is 12.7 Å². The quantitative estimate of drug-likeness (QED) is 0.675. The molecule has 0 aliphatic carbocycles. The van der Waals surface area contributed by atoms with Gasteiger partial charge in [-0.3, -0.25) is 0 Å². The smallest absolute Gasteiger partial charge is 0.216 e. The van der Waals surface area contributed by atoms with E-state index in [0.29, 0.717) is 25.6 Å². The molecule has 1 rings (SSSR count). The molecule has 0 amide bonds. The molecule has 96 valence electrons. The zero-order chi connectivity index (χ0) is 12.2. The molecule has 0 aromatic heterocycles. The Kier molecular flexibility index (Phi) is 5.17. The molecule has 16 heavy (non-hydrogen) atoms. The van der Waals surface area contributed by atoms with Gasteiger partial charge < -0.3 is 10.5 Å². The van der Waals surface area contributed by atoms with E-state index in [0.717, 1.165) is 6.42 Å². The fraction of sp³-hybridized carbons (Fsp3) is 1.00. The molecular weight excluding hydrogens is 228 g/mol. The average Bonchev–Trinajstić information content (AvgIpc) is 2.67. The van der Waals surface area contributed by atoms with Crippen LogP contribution in [0.5, 0.6) is 0 Å². The van der Waals surface area contributed by atoms with Crippen molar-refractivity contribution in [2.75, 3.05) is 32.1 Å². The summed E-state index contributed by atoms with van der Waals surface area (Å²) in [7, 11) is -3.15. The molecule has 0 radical (unpaired) electrons. The van der Waals surface area contributed by atoms with E-state index in [1.165, 1.54) is 0 Å². The molecule has 5 nitrogen and oxygen atoms in total. The highest BCUT2D eigenvalue weighted by atomic mass is 32.2. The predicted octanol–water partition coefficient (Wildman–Crippen LogP) is 0.0218. The van der Waals surface area contributed by atoms with Crippen molar-refractivity contribution in [1.29, 1.82) is 0 Å². The lowest BCUT2D eigenvalue weighted by atomic mass is 10.0. The minimum absolute atomic E-state index is 0.0621. The fourth-order valence-corrected chi connectivity index (χ4v) is 3.26. The minimum Gasteiger partial charge on any atom is -0.381 e. The third-order valence-corrected chi connectivity index (χ3v) is 4.82. The van der Waals surface area contributed by atoms with Gasteiger partial charge in [0.2, 0.25) is 10.0 Å². The number of rotatable bonds is 6. The third kappa shape index (κ3) is 3.69. The van der Waals surface area contributed by atoms with Crippen molar-refractivity contribution >= 4 is 10.0 Å². The van der Waals surface area contributed by atoms with Crippen LogP contribution in [0.4, 0.5) is 0 Å². The van der Waals surface area contributed by atoms with Crippen LogP contribution in [0.25, 0.3) is 0 Å². The Labute approximate surface area is 98.0 Å². The molecule has 2 atom stereocenters. The Morgan fingerprint density at radius 2 is 2.25 bits per heavy atom. The Hall–Kier alpha value is -0.170. The molecule has 0 saturated carbocycles. The average molecular weight is 250 g/mol. The molecule has 6 heteroatoms. The van der Waals surface area contributed by atoms with E-state index >= 15 is 0 Å². The largest absolute Gasteiger partial charge is 0.381 e. The van der Waals surface area contributed by atoms with Crippen LogP contribution < -0.4 is 5.73 Å². The zero-order valence-electron chi connectivity index (χ0n) is 10.1. The molecular formula is C10H22N2O3S. The van der Waals surface area contributed by atoms with E-state index in [4.69, 9.17) is 10.5 Å². The molecule has 1 saturated heterocycles. The zero-order valence-corrected chi connectivity index (χ0v) is 10.9. The Bertz CT molecular complexity index is 303. The maximum Gasteiger partial charge on any atom is 0.216 e. The van der Waals surface area contributed by atoms with Crippen LogP contribution in [0.15, 0.2) is 0 Å². The van der Waals surface area contributed by atoms with Crippen LogP contribution in [-0.4, -0.2) is 50.8 Å². The summed E-state index contributed by atoms with van der Waals surface area (Å²) in [5.74, 6) is 0.369. The van der Waals surface area contributed by atoms with Gasteiger partial charge in [0.1, 0.15) is 0 Å². The van der Waals surface area contributed by atoms with Crippen molar-refractivity contribution in [3.05, 3.63) is 0 Å². The highest BCUT2D eigenvalue weighted by molar-refractivity contribution is 7.89. The lowest BCUT2D eigenvalue weighted by Gasteiger charge is -2.17. The number of hydrogen-bond donors (Lipinski definition) is 1. The summed E-state index contributed by atoms with van der Waals surface area (Å²) in [4.78, 5) is 0. The lowest BCUT2D eigenvalue weighted by Crippen LogP contribution is -2.35. The normalized spacial score (nSPS) is 24.8. The van der Waals surface area contributed by atoms with Gasteiger partial charge in [0.05, 0.1) is 12.4 Å². The van der Waals surface area contributed by atoms with Crippen LogP contribution >= 0.6 is 0 Å². The summed E-state index contributed by atoms with van der Waals surface area (Å²) in [6.07, 6.45) is 0.867. The van der Waals surface area contributed by atoms with Crippen molar-refractivity contribution in [1.82, 2.24) is 4.31 Å². The van der Waals surface area contributed by atoms with Gasteiger partial charge in [-0.2, -0.15) is 0 Å². The summed E-state index contributed by atoms with van der Waals surface area (Å²) in [6, 6.07) is 0.0621. The maximum absolute atomic E-state index is 11.9. The van der Waals surface area contributed by atoms with Gasteiger partial charge in [0, 0.05) is 25.7 Å². The molecule has 2 unspecified atom stereocenters. The van der Waals surface area contributed by atoms with E-state index in [-0.39, 0.29) is 18.4 Å². The maximum atomic E-state index is 11.9. The van der Waals surface area contributed by atoms with Gasteiger partial charge >= 0.3 is 0 Å². The van der Waals surface area contributed by atoms with Crippen LogP contribution in [0.2, 0.25) is 0 Å². The molecule has 1 fully saturated rings. The van der Waals surface area contributed by atoms with Crippen molar-refractivity contribution in [2.45, 2.75) is 26.3 Å². The monoisotopic (exact) mass is 250 g/mol. The number of hydrogen-bond acceptors (Lipinski definition) is 4. The summed E-state index contributed by atoms with van der Waals surface area (Å²) in [5.41, 5.74) is 5.78. The first kappa shape index (κ1) is 13.9. The summed E-state index contributed by atoms with van der Waals surface area (Å²) >= 11 is 0. The summed E-state index contributed by atoms with van der Waals surface area (Å²) in [6.45, 7) is 5.78. The highest BCUT2D eigenvalue weighted by Crippen LogP contribution is 2.21. The molecule has 1 heterocycles. The number of sulfonamides is 1. The van der Waals surface area contributed by atoms with Crippen molar-refractivity contribution in [3.8, 4) is 0 Å². The second-order valence-corrected chi connectivity index (χ2v) is 6.37. The standard InChI is InChI=1S/C10H22N2O3S/c1-3-15-6-7-16(13,14)12-5-4-10(8-12)9(2)11/h9-10H,3-8,11H2,1-2H3. The third-order valence-electron chi connectivity index (χ3n) is 3.01. The fourth-order valence-electron chi connectivity index (χ4n) is 1.87. The number of nitrogens with two attached hydrogens (primary N) is 1. The van der Waals surface area contributed by atoms with E-state index < -0.39 is 10.0 Å². The summed E-state index contributed by atoms with van der Waals surface area (Å²) in [5, 5.41) is 0. The first-order chi connectivity index (χ1) is 7.47. The van der Waals surface area contributed by atoms with E-state index in [1.54, 1.807) is 4.31 Å². The van der Waals surface area contributed by atoms with Crippen molar-refractivity contribution in [2.24, 2.45) is 11.7 Å². The van der Waals surface area contributed by atoms with Gasteiger partial charge in [-0.05, 0) is 26.2 Å². The van der Waals surface area contributed by atoms with Gasteiger partial charge in [-0.1, -0.05) is 0 Å². The number of nitrogens with zero attached hydrogens (tertiary/aromatic N) is 1. The second kappa shape index (κ2) is 5.95. The predicted molar refractivity (Wildman–Crippen MR) is 63.6 cm³/mol. The van der Waals surface area contributed by atoms with E-state index in [1.807, 2.05) is 13.8 Å². The molecule has 0 aromatic rings. The van der Waals surface area contributed by atoms with Gasteiger partial charge in [-0.15, -0.1) is 0 Å². The Balaban J connectivity index is 2.45. The molecule has 2 N–H and O–H groups in total. The first-order valence-electron chi connectivity index (χ1n) is 5.78. The number of ether oxygens (including phenoxy) is 1. The molecule has 1 aliphatic rings. The van der Waals surface area contributed by atoms with Crippen LogP contribution in [0.1, 0.15) is 20.3 Å². The van der Waals surface area contributed by atoms with E-state index in [9.17, 15) is 8.42 Å². The van der Waals surface area contributed by atoms with Gasteiger partial charge in [0.25, 0.3) is 0 Å². The Morgan fingerprint density at radius 1 is 1.56 bits per heavy atom. The second-order valence-electron chi connectivity index (χ2n) is 4.28. The summed E-state index contributed by atoms with van der Waals surface area (Å²) < 4.78 is 30.4. The molecule has 1 aliphatic heterocycles. The highest BCUT2D eigenvalue weighted by Gasteiger charge is 2.32. The molecule has 0 aromatic carbocycles. The Morgan fingerprint density at radius 3 is 2.75 bits per heavy atom. The molecule has 0 bridgehead atoms. The van der Waals surface area contributed by atoms with Crippen molar-refractivity contribution in [3.63, 3.8) is 0 Å². The first-order valence-corrected chi connectivity index (χ1v) is 7.39. The van der Waals surface area contributed by atoms with Crippen LogP contribution in [-0.2, 0) is 14.8 Å². The SMILES string of the molecule is CCOCCS(=O)(=O)N1CCC(C(C)N)C1. The molecule has 0 spiro atoms.